The van der Waals surface area contributed by atoms with Crippen molar-refractivity contribution in [3.05, 3.63) is 216 Å². The Balaban J connectivity index is 0.892. The number of sulfonamides is 3. The van der Waals surface area contributed by atoms with Gasteiger partial charge in [-0.1, -0.05) is 0 Å². The summed E-state index contributed by atoms with van der Waals surface area (Å²) in [4.78, 5) is 73.5. The highest BCUT2D eigenvalue weighted by Gasteiger charge is 2.68. The molecule has 650 valence electrons. The van der Waals surface area contributed by atoms with Crippen LogP contribution in [0.4, 0.5) is 79.0 Å². The first-order valence-electron chi connectivity index (χ1n) is 35.7. The van der Waals surface area contributed by atoms with Crippen molar-refractivity contribution in [1.82, 2.24) is 60.8 Å². The Morgan fingerprint density at radius 2 is 0.607 bits per heavy atom. The molecule has 28 nitrogen and oxygen atoms in total. The lowest BCUT2D eigenvalue weighted by Crippen LogP contribution is -2.63. The summed E-state index contributed by atoms with van der Waals surface area (Å²) < 4.78 is 383. The summed E-state index contributed by atoms with van der Waals surface area (Å²) in [5, 5.41) is 6.10. The van der Waals surface area contributed by atoms with Crippen molar-refractivity contribution in [2.45, 2.75) is 148 Å². The van der Waals surface area contributed by atoms with Crippen LogP contribution >= 0.6 is 7.82 Å². The zero-order valence-electron chi connectivity index (χ0n) is 62.6. The number of pyridine rings is 3. The molecule has 12 rings (SSSR count). The van der Waals surface area contributed by atoms with Crippen LogP contribution in [0.3, 0.4) is 0 Å². The van der Waals surface area contributed by atoms with Gasteiger partial charge in [-0.25, -0.2) is 74.0 Å². The van der Waals surface area contributed by atoms with Crippen LogP contribution in [0, 0.1) is 34.9 Å². The Morgan fingerprint density at radius 1 is 0.385 bits per heavy atom. The minimum absolute atomic E-state index is 0.323. The number of nitrogens with one attached hydrogen (secondary N) is 3. The van der Waals surface area contributed by atoms with E-state index < -0.39 is 300 Å². The quantitative estimate of drug-likeness (QED) is 0.0186. The third-order valence-corrected chi connectivity index (χ3v) is 30.0. The van der Waals surface area contributed by atoms with Crippen molar-refractivity contribution >= 4 is 55.6 Å². The van der Waals surface area contributed by atoms with Gasteiger partial charge in [-0.15, -0.1) is 0 Å². The van der Waals surface area contributed by atoms with Gasteiger partial charge >= 0.3 is 56.4 Å². The number of carbonyl (C=O) groups is 3. The SMILES string of the molecule is C[C@H]1[C@H](F)C[C@@H](C(=O)NCOP(=O)(OCNC(=O)[C@@H]2C[C@@H](F)[C@H](C)[N+]2(Cc2cc(-c3cnc(C(F)(F)F)nc3)ncc2F)S(=O)(=O)c2ccc(F)cc2)OCNC(=O)[C@@H]2C[C@@H](F)[C@H](C)[N+]2(Cc2cc(-c3cnc(C(F)(F)F)nc3)ncc2F)S(=O)(=O)c2ccc(F)cc2)[N+]1(Cc1cc(-c2cnc(C(F)(F)F)nc2)ncc1F)S(=O)(=O)c1ccc(F)cc1. The van der Waals surface area contributed by atoms with Gasteiger partial charge < -0.3 is 16.0 Å². The van der Waals surface area contributed by atoms with E-state index in [1.807, 2.05) is 16.0 Å². The van der Waals surface area contributed by atoms with Crippen LogP contribution in [-0.4, -0.2) is 174 Å². The number of phosphoric acid groups is 1. The van der Waals surface area contributed by atoms with Crippen LogP contribution in [0.1, 0.15) is 74.2 Å². The molecule has 0 saturated carbocycles. The van der Waals surface area contributed by atoms with Gasteiger partial charge in [-0.3, -0.25) is 42.9 Å². The van der Waals surface area contributed by atoms with Crippen LogP contribution < -0.4 is 16.0 Å². The number of likely N-dealkylation sites (tertiary alicyclic amines) is 3. The number of quaternary nitrogens is 3. The molecule has 12 atom stereocenters. The number of phosphoric ester groups is 1. The van der Waals surface area contributed by atoms with Crippen molar-refractivity contribution < 1.29 is 148 Å². The average molecular weight is 1820 g/mol. The van der Waals surface area contributed by atoms with E-state index in [9.17, 15) is 52.7 Å². The van der Waals surface area contributed by atoms with E-state index >= 15 is 70.5 Å². The Labute approximate surface area is 679 Å². The highest BCUT2D eigenvalue weighted by molar-refractivity contribution is 7.86. The van der Waals surface area contributed by atoms with Crippen molar-refractivity contribution in [2.24, 2.45) is 0 Å². The van der Waals surface area contributed by atoms with Gasteiger partial charge in [0, 0.05) is 89.8 Å². The van der Waals surface area contributed by atoms with Gasteiger partial charge in [-0.2, -0.15) is 76.4 Å². The number of benzene rings is 3. The fourth-order valence-corrected chi connectivity index (χ4v) is 22.5. The maximum absolute atomic E-state index is 16.8. The highest BCUT2D eigenvalue weighted by atomic mass is 32.2. The number of rotatable bonds is 27. The van der Waals surface area contributed by atoms with Crippen molar-refractivity contribution in [2.75, 3.05) is 20.2 Å². The van der Waals surface area contributed by atoms with E-state index in [-0.39, 0.29) is 16.7 Å². The second kappa shape index (κ2) is 34.2. The predicted octanol–water partition coefficient (Wildman–Crippen LogP) is 11.5. The fourth-order valence-electron chi connectivity index (χ4n) is 14.9. The first kappa shape index (κ1) is 90.6. The Kier molecular flexibility index (Phi) is 25.4. The molecule has 9 aromatic rings. The molecule has 3 aliphatic rings. The van der Waals surface area contributed by atoms with Gasteiger partial charge in [0.25, 0.3) is 17.7 Å². The zero-order chi connectivity index (χ0) is 89.0. The molecule has 3 saturated heterocycles. The van der Waals surface area contributed by atoms with E-state index in [4.69, 9.17) is 13.6 Å². The molecular weight excluding hydrogens is 1750 g/mol. The van der Waals surface area contributed by atoms with Gasteiger partial charge in [-0.05, 0) is 112 Å². The first-order valence-corrected chi connectivity index (χ1v) is 41.4. The number of nitrogens with zero attached hydrogens (tertiary/aromatic N) is 12. The van der Waals surface area contributed by atoms with Crippen LogP contribution in [0.5, 0.6) is 0 Å². The second-order valence-electron chi connectivity index (χ2n) is 28.1. The maximum atomic E-state index is 16.8. The summed E-state index contributed by atoms with van der Waals surface area (Å²) in [6, 6.07) is -2.50. The minimum Gasteiger partial charge on any atom is -0.327 e. The summed E-state index contributed by atoms with van der Waals surface area (Å²) in [5.41, 5.74) is -4.38. The van der Waals surface area contributed by atoms with Crippen LogP contribution in [0.15, 0.2) is 161 Å². The summed E-state index contributed by atoms with van der Waals surface area (Å²) in [6.07, 6.45) is -20.5. The number of aromatic nitrogens is 9. The molecule has 9 heterocycles. The first-order chi connectivity index (χ1) is 57.1. The fraction of sp³-hybridized carbons (Fsp3) is 0.333. The Morgan fingerprint density at radius 3 is 0.820 bits per heavy atom. The number of alkyl halides is 12. The molecule has 3 amide bonds. The standard InChI is InChI=1S/C72H60F18N15O13PS3/c1-37-52(76)19-61(103(37,120(110,111)49-10-4-46(73)5-11-49)31-40-16-58(91-28-55(40)79)43-22-94-67(95-23-43)70(82,83)84)64(106)100-34-116-119(109,117-35-101-65(107)62-20-53(77)38(2)104(62,121(112,113)50-12-6-47(74)7-13-50)32-41-17-59(92-29-56(41)80)44-24-96-68(97-25-44)71(85,86)87)118-36-102-66(108)63-21-54(78)39(3)105(63,122(114,115)51-14-8-48(75)9-15-51)33-42-18-60(93-30-57(42)81)45-26-98-69(99-27-45)72(88,89)90/h4-18,22-30,37-39,52-54,61-63H,19-21,31-36H2,1-3H3/p+3/t37-,38-,39-,52+,53+,54+,61-,62-,63-,103?,104?,105?,119?/m0/s1. The van der Waals surface area contributed by atoms with Crippen LogP contribution in [0.25, 0.3) is 33.8 Å². The largest absolute Gasteiger partial charge is 0.479 e. The topological polar surface area (TPSA) is 350 Å². The van der Waals surface area contributed by atoms with Crippen molar-refractivity contribution in [1.29, 1.82) is 0 Å². The van der Waals surface area contributed by atoms with Crippen LogP contribution in [-0.2, 0) is 101 Å². The number of hydrogen-bond acceptors (Lipinski definition) is 22. The van der Waals surface area contributed by atoms with E-state index in [0.717, 1.165) is 39.0 Å². The predicted molar refractivity (Wildman–Crippen MR) is 381 cm³/mol. The average Bonchev–Trinajstić information content (AvgIpc) is 1.54. The molecule has 0 radical (unpaired) electrons. The molecule has 6 aromatic heterocycles. The highest BCUT2D eigenvalue weighted by Crippen LogP contribution is 2.52. The van der Waals surface area contributed by atoms with E-state index in [1.54, 1.807) is 0 Å². The molecule has 3 aliphatic heterocycles. The van der Waals surface area contributed by atoms with Gasteiger partial charge in [0.05, 0.1) is 35.7 Å². The molecule has 0 bridgehead atoms. The van der Waals surface area contributed by atoms with Gasteiger partial charge in [0.1, 0.15) is 108 Å². The van der Waals surface area contributed by atoms with E-state index in [2.05, 4.69) is 44.9 Å². The molecular formula is C72H63F18N15O13PS3+3. The molecule has 0 spiro atoms. The van der Waals surface area contributed by atoms with Crippen molar-refractivity contribution in [3.8, 4) is 33.8 Å². The summed E-state index contributed by atoms with van der Waals surface area (Å²) in [6.45, 7) is -5.87. The van der Waals surface area contributed by atoms with Gasteiger partial charge in [0.15, 0.2) is 36.6 Å². The van der Waals surface area contributed by atoms with E-state index in [1.165, 1.54) is 0 Å². The van der Waals surface area contributed by atoms with Crippen molar-refractivity contribution in [3.63, 3.8) is 0 Å². The van der Waals surface area contributed by atoms with Gasteiger partial charge in [0.2, 0.25) is 17.5 Å². The number of hydrogen-bond donors (Lipinski definition) is 3. The molecule has 0 aliphatic carbocycles. The minimum atomic E-state index is -5.96. The summed E-state index contributed by atoms with van der Waals surface area (Å²) in [5.74, 6) is -16.9. The molecule has 3 fully saturated rings. The normalized spacial score (nSPS) is 23.9. The third kappa shape index (κ3) is 17.4. The van der Waals surface area contributed by atoms with Crippen LogP contribution in [0.2, 0.25) is 0 Å². The lowest BCUT2D eigenvalue weighted by atomic mass is 10.1. The maximum Gasteiger partial charge on any atom is 0.479 e. The second-order valence-corrected chi connectivity index (χ2v) is 36.1. The molecule has 122 heavy (non-hydrogen) atoms. The Bertz CT molecular complexity index is 5300. The molecule has 3 N–H and O–H groups in total. The molecule has 3 aromatic carbocycles. The number of amides is 3. The molecule has 50 heteroatoms. The Hall–Kier alpha value is -10.7. The summed E-state index contributed by atoms with van der Waals surface area (Å²) in [7, 11) is -22.3. The zero-order valence-corrected chi connectivity index (χ0v) is 65.9. The smallest absolute Gasteiger partial charge is 0.327 e. The van der Waals surface area contributed by atoms with E-state index in [0.29, 0.717) is 129 Å². The monoisotopic (exact) mass is 1810 g/mol. The third-order valence-electron chi connectivity index (χ3n) is 21.2. The summed E-state index contributed by atoms with van der Waals surface area (Å²) >= 11 is 0. The molecule has 3 unspecified atom stereocenters. The lowest BCUT2D eigenvalue weighted by molar-refractivity contribution is -0.848. The number of carbonyl (C=O) groups excluding carboxylic acids is 3. The lowest BCUT2D eigenvalue weighted by Gasteiger charge is -2.41. The number of halogens is 18.